The molecule has 1 aromatic heterocycles. The number of hydrogen-bond acceptors (Lipinski definition) is 3. The van der Waals surface area contributed by atoms with E-state index in [1.165, 1.54) is 5.56 Å². The SMILES string of the molecule is CN=C(NCc1ccsc1)NCc1cccc(NC(=O)N2CCCC2)c1. The summed E-state index contributed by atoms with van der Waals surface area (Å²) < 4.78 is 0. The minimum atomic E-state index is -0.0131. The van der Waals surface area contributed by atoms with Crippen LogP contribution in [0.5, 0.6) is 0 Å². The van der Waals surface area contributed by atoms with E-state index in [0.717, 1.165) is 49.7 Å². The number of carbonyl (C=O) groups is 1. The standard InChI is InChI=1S/C19H25N5OS/c1-20-18(22-13-16-7-10-26-14-16)21-12-15-5-4-6-17(11-15)23-19(25)24-8-2-3-9-24/h4-7,10-11,14H,2-3,8-9,12-13H2,1H3,(H,23,25)(H2,20,21,22). The van der Waals surface area contributed by atoms with E-state index in [-0.39, 0.29) is 6.03 Å². The van der Waals surface area contributed by atoms with Gasteiger partial charge in [0.25, 0.3) is 0 Å². The molecule has 0 unspecified atom stereocenters. The van der Waals surface area contributed by atoms with Crippen molar-refractivity contribution in [3.8, 4) is 0 Å². The number of benzene rings is 1. The first-order valence-corrected chi connectivity index (χ1v) is 9.79. The topological polar surface area (TPSA) is 68.8 Å². The van der Waals surface area contributed by atoms with Crippen LogP contribution in [0.3, 0.4) is 0 Å². The summed E-state index contributed by atoms with van der Waals surface area (Å²) in [7, 11) is 1.76. The molecule has 1 aliphatic heterocycles. The van der Waals surface area contributed by atoms with Gasteiger partial charge in [-0.3, -0.25) is 4.99 Å². The minimum absolute atomic E-state index is 0.0131. The maximum atomic E-state index is 12.2. The van der Waals surface area contributed by atoms with E-state index < -0.39 is 0 Å². The molecule has 138 valence electrons. The predicted octanol–water partition coefficient (Wildman–Crippen LogP) is 3.24. The minimum Gasteiger partial charge on any atom is -0.352 e. The van der Waals surface area contributed by atoms with Crippen molar-refractivity contribution in [2.75, 3.05) is 25.5 Å². The Morgan fingerprint density at radius 1 is 1.15 bits per heavy atom. The summed E-state index contributed by atoms with van der Waals surface area (Å²) in [5, 5.41) is 13.8. The number of aliphatic imine (C=N–C) groups is 1. The van der Waals surface area contributed by atoms with Crippen molar-refractivity contribution in [1.82, 2.24) is 15.5 Å². The van der Waals surface area contributed by atoms with E-state index >= 15 is 0 Å². The maximum Gasteiger partial charge on any atom is 0.321 e. The van der Waals surface area contributed by atoms with Crippen LogP contribution in [0, 0.1) is 0 Å². The van der Waals surface area contributed by atoms with E-state index in [0.29, 0.717) is 6.54 Å². The molecular weight excluding hydrogens is 346 g/mol. The Bertz CT molecular complexity index is 738. The third-order valence-electron chi connectivity index (χ3n) is 4.30. The predicted molar refractivity (Wildman–Crippen MR) is 108 cm³/mol. The smallest absolute Gasteiger partial charge is 0.321 e. The summed E-state index contributed by atoms with van der Waals surface area (Å²) in [6, 6.07) is 9.98. The van der Waals surface area contributed by atoms with Gasteiger partial charge in [0.15, 0.2) is 5.96 Å². The van der Waals surface area contributed by atoms with Gasteiger partial charge < -0.3 is 20.9 Å². The molecule has 0 radical (unpaired) electrons. The molecule has 0 spiro atoms. The van der Waals surface area contributed by atoms with Crippen LogP contribution in [-0.4, -0.2) is 37.0 Å². The fraction of sp³-hybridized carbons (Fsp3) is 0.368. The molecule has 1 saturated heterocycles. The molecule has 1 aromatic carbocycles. The summed E-state index contributed by atoms with van der Waals surface area (Å²) >= 11 is 1.69. The van der Waals surface area contributed by atoms with Gasteiger partial charge in [-0.15, -0.1) is 0 Å². The number of nitrogens with zero attached hydrogens (tertiary/aromatic N) is 2. The van der Waals surface area contributed by atoms with Crippen LogP contribution in [0.4, 0.5) is 10.5 Å². The van der Waals surface area contributed by atoms with Crippen LogP contribution in [-0.2, 0) is 13.1 Å². The molecule has 0 aliphatic carbocycles. The van der Waals surface area contributed by atoms with Crippen molar-refractivity contribution in [1.29, 1.82) is 0 Å². The summed E-state index contributed by atoms with van der Waals surface area (Å²) in [4.78, 5) is 18.3. The Labute approximate surface area is 158 Å². The Morgan fingerprint density at radius 2 is 1.92 bits per heavy atom. The molecule has 1 fully saturated rings. The number of guanidine groups is 1. The van der Waals surface area contributed by atoms with Gasteiger partial charge in [0, 0.05) is 38.9 Å². The van der Waals surface area contributed by atoms with Gasteiger partial charge in [-0.2, -0.15) is 11.3 Å². The first-order valence-electron chi connectivity index (χ1n) is 8.85. The van der Waals surface area contributed by atoms with Gasteiger partial charge in [-0.05, 0) is 52.9 Å². The van der Waals surface area contributed by atoms with Crippen molar-refractivity contribution < 1.29 is 4.79 Å². The number of urea groups is 1. The van der Waals surface area contributed by atoms with E-state index in [1.807, 2.05) is 29.2 Å². The largest absolute Gasteiger partial charge is 0.352 e. The normalized spacial score (nSPS) is 14.3. The number of likely N-dealkylation sites (tertiary alicyclic amines) is 1. The van der Waals surface area contributed by atoms with Crippen molar-refractivity contribution in [3.05, 3.63) is 52.2 Å². The average Bonchev–Trinajstić information content (AvgIpc) is 3.36. The highest BCUT2D eigenvalue weighted by molar-refractivity contribution is 7.07. The van der Waals surface area contributed by atoms with Gasteiger partial charge >= 0.3 is 6.03 Å². The second kappa shape index (κ2) is 9.24. The zero-order chi connectivity index (χ0) is 18.2. The molecule has 3 N–H and O–H groups in total. The van der Waals surface area contributed by atoms with Gasteiger partial charge in [0.1, 0.15) is 0 Å². The van der Waals surface area contributed by atoms with Gasteiger partial charge in [-0.1, -0.05) is 12.1 Å². The highest BCUT2D eigenvalue weighted by atomic mass is 32.1. The lowest BCUT2D eigenvalue weighted by molar-refractivity contribution is 0.222. The fourth-order valence-electron chi connectivity index (χ4n) is 2.87. The number of nitrogens with one attached hydrogen (secondary N) is 3. The van der Waals surface area contributed by atoms with E-state index in [1.54, 1.807) is 18.4 Å². The van der Waals surface area contributed by atoms with Gasteiger partial charge in [-0.25, -0.2) is 4.79 Å². The molecular formula is C19H25N5OS. The van der Waals surface area contributed by atoms with Crippen molar-refractivity contribution in [2.45, 2.75) is 25.9 Å². The summed E-state index contributed by atoms with van der Waals surface area (Å²) in [6.07, 6.45) is 2.18. The first kappa shape index (κ1) is 18.3. The van der Waals surface area contributed by atoms with E-state index in [2.05, 4.69) is 37.8 Å². The summed E-state index contributed by atoms with van der Waals surface area (Å²) in [6.45, 7) is 3.07. The van der Waals surface area contributed by atoms with Crippen LogP contribution >= 0.6 is 11.3 Å². The molecule has 0 atom stereocenters. The van der Waals surface area contributed by atoms with Gasteiger partial charge in [0.2, 0.25) is 0 Å². The maximum absolute atomic E-state index is 12.2. The van der Waals surface area contributed by atoms with Crippen molar-refractivity contribution in [3.63, 3.8) is 0 Å². The quantitative estimate of drug-likeness (QED) is 0.558. The van der Waals surface area contributed by atoms with Crippen LogP contribution in [0.1, 0.15) is 24.0 Å². The Hall–Kier alpha value is -2.54. The molecule has 7 heteroatoms. The monoisotopic (exact) mass is 371 g/mol. The number of amides is 2. The second-order valence-electron chi connectivity index (χ2n) is 6.24. The molecule has 26 heavy (non-hydrogen) atoms. The van der Waals surface area contributed by atoms with Crippen LogP contribution in [0.25, 0.3) is 0 Å². The number of carbonyl (C=O) groups excluding carboxylic acids is 1. The Kier molecular flexibility index (Phi) is 6.49. The number of hydrogen-bond donors (Lipinski definition) is 3. The van der Waals surface area contributed by atoms with Crippen LogP contribution in [0.2, 0.25) is 0 Å². The summed E-state index contributed by atoms with van der Waals surface area (Å²) in [5.74, 6) is 0.753. The Morgan fingerprint density at radius 3 is 2.62 bits per heavy atom. The number of anilines is 1. The number of thiophene rings is 1. The lowest BCUT2D eigenvalue weighted by atomic mass is 10.2. The third-order valence-corrected chi connectivity index (χ3v) is 5.03. The zero-order valence-corrected chi connectivity index (χ0v) is 15.8. The van der Waals surface area contributed by atoms with Gasteiger partial charge in [0.05, 0.1) is 0 Å². The highest BCUT2D eigenvalue weighted by Gasteiger charge is 2.17. The van der Waals surface area contributed by atoms with E-state index in [4.69, 9.17) is 0 Å². The zero-order valence-electron chi connectivity index (χ0n) is 15.0. The third kappa shape index (κ3) is 5.23. The lowest BCUT2D eigenvalue weighted by Crippen LogP contribution is -2.36. The molecule has 1 aliphatic rings. The van der Waals surface area contributed by atoms with Crippen molar-refractivity contribution in [2.24, 2.45) is 4.99 Å². The van der Waals surface area contributed by atoms with Crippen molar-refractivity contribution >= 4 is 29.0 Å². The molecule has 2 heterocycles. The van der Waals surface area contributed by atoms with Crippen LogP contribution in [0.15, 0.2) is 46.1 Å². The fourth-order valence-corrected chi connectivity index (χ4v) is 3.54. The molecule has 2 amide bonds. The molecule has 3 rings (SSSR count). The average molecular weight is 372 g/mol. The van der Waals surface area contributed by atoms with E-state index in [9.17, 15) is 4.79 Å². The first-order chi connectivity index (χ1) is 12.7. The molecule has 2 aromatic rings. The lowest BCUT2D eigenvalue weighted by Gasteiger charge is -2.17. The highest BCUT2D eigenvalue weighted by Crippen LogP contribution is 2.14. The number of rotatable bonds is 5. The summed E-state index contributed by atoms with van der Waals surface area (Å²) in [5.41, 5.74) is 3.15. The second-order valence-corrected chi connectivity index (χ2v) is 7.02. The molecule has 0 bridgehead atoms. The molecule has 0 saturated carbocycles. The Balaban J connectivity index is 1.50. The molecule has 6 nitrogen and oxygen atoms in total. The van der Waals surface area contributed by atoms with Crippen LogP contribution < -0.4 is 16.0 Å².